The number of amides is 1. The van der Waals surface area contributed by atoms with E-state index in [4.69, 9.17) is 24.5 Å². The molecule has 0 bridgehead atoms. The van der Waals surface area contributed by atoms with Gasteiger partial charge in [-0.05, 0) is 5.53 Å². The quantitative estimate of drug-likeness (QED) is 0.134. The van der Waals surface area contributed by atoms with Crippen molar-refractivity contribution in [3.8, 4) is 0 Å². The summed E-state index contributed by atoms with van der Waals surface area (Å²) < 4.78 is 21.3. The summed E-state index contributed by atoms with van der Waals surface area (Å²) >= 11 is 0. The van der Waals surface area contributed by atoms with Crippen molar-refractivity contribution in [3.63, 3.8) is 0 Å². The van der Waals surface area contributed by atoms with E-state index in [2.05, 4.69) is 15.3 Å². The fourth-order valence-electron chi connectivity index (χ4n) is 2.31. The lowest BCUT2D eigenvalue weighted by molar-refractivity contribution is -0.272. The molecule has 1 aliphatic rings. The lowest BCUT2D eigenvalue weighted by Gasteiger charge is -2.42. The predicted octanol–water partition coefficient (Wildman–Crippen LogP) is -1.71. The summed E-state index contributed by atoms with van der Waals surface area (Å²) in [6.45, 7) is 2.25. The number of nitrogens with zero attached hydrogens (tertiary/aromatic N) is 3. The van der Waals surface area contributed by atoms with Gasteiger partial charge in [0.15, 0.2) is 6.29 Å². The molecule has 0 aromatic carbocycles. The topological polar surface area (TPSA) is 175 Å². The van der Waals surface area contributed by atoms with Crippen LogP contribution in [0.5, 0.6) is 0 Å². The van der Waals surface area contributed by atoms with E-state index >= 15 is 0 Å². The van der Waals surface area contributed by atoms with E-state index in [-0.39, 0.29) is 19.8 Å². The standard InChI is InChI=1S/C14H26N4O8/c1-9(20)17-11-13(22)12(21)10(8-19)26-14(11)25-7-6-24-5-4-23-3-2-16-18-15/h10-14,19,21-22H,2-8H2,1H3,(H,17,20)/t10-,11-,12-,13-,14+/m1/s1. The smallest absolute Gasteiger partial charge is 0.217 e. The first kappa shape index (κ1) is 22.5. The highest BCUT2D eigenvalue weighted by molar-refractivity contribution is 5.73. The van der Waals surface area contributed by atoms with Crippen molar-refractivity contribution in [1.82, 2.24) is 5.32 Å². The number of nitrogens with one attached hydrogen (secondary N) is 1. The number of ether oxygens (including phenoxy) is 4. The molecule has 1 fully saturated rings. The highest BCUT2D eigenvalue weighted by Gasteiger charge is 2.45. The van der Waals surface area contributed by atoms with Crippen LogP contribution >= 0.6 is 0 Å². The Morgan fingerprint density at radius 3 is 2.46 bits per heavy atom. The monoisotopic (exact) mass is 378 g/mol. The molecule has 1 heterocycles. The van der Waals surface area contributed by atoms with Crippen LogP contribution in [0.25, 0.3) is 10.4 Å². The molecule has 5 atom stereocenters. The molecule has 4 N–H and O–H groups in total. The third kappa shape index (κ3) is 7.81. The Labute approximate surface area is 150 Å². The first-order chi connectivity index (χ1) is 12.5. The number of carbonyl (C=O) groups is 1. The first-order valence-electron chi connectivity index (χ1n) is 8.18. The lowest BCUT2D eigenvalue weighted by Crippen LogP contribution is -2.64. The number of rotatable bonds is 12. The van der Waals surface area contributed by atoms with Gasteiger partial charge in [-0.1, -0.05) is 5.11 Å². The number of hydrogen-bond donors (Lipinski definition) is 4. The van der Waals surface area contributed by atoms with E-state index in [9.17, 15) is 20.1 Å². The molecule has 1 amide bonds. The van der Waals surface area contributed by atoms with Crippen molar-refractivity contribution < 1.29 is 39.1 Å². The second kappa shape index (κ2) is 12.8. The fraction of sp³-hybridized carbons (Fsp3) is 0.929. The molecule has 0 spiro atoms. The summed E-state index contributed by atoms with van der Waals surface area (Å²) in [5.41, 5.74) is 8.09. The Morgan fingerprint density at radius 2 is 1.85 bits per heavy atom. The van der Waals surface area contributed by atoms with Crippen molar-refractivity contribution in [2.45, 2.75) is 37.6 Å². The molecule has 150 valence electrons. The maximum Gasteiger partial charge on any atom is 0.217 e. The van der Waals surface area contributed by atoms with Crippen LogP contribution in [0.3, 0.4) is 0 Å². The van der Waals surface area contributed by atoms with Crippen molar-refractivity contribution in [2.75, 3.05) is 46.2 Å². The van der Waals surface area contributed by atoms with Gasteiger partial charge in [0.1, 0.15) is 24.4 Å². The van der Waals surface area contributed by atoms with E-state index in [0.29, 0.717) is 19.8 Å². The van der Waals surface area contributed by atoms with Crippen molar-refractivity contribution in [1.29, 1.82) is 0 Å². The second-order valence-corrected chi connectivity index (χ2v) is 5.48. The van der Waals surface area contributed by atoms with Gasteiger partial charge in [0.05, 0.1) is 39.6 Å². The zero-order chi connectivity index (χ0) is 19.4. The third-order valence-corrected chi connectivity index (χ3v) is 3.53. The first-order valence-corrected chi connectivity index (χ1v) is 8.18. The molecule has 0 radical (unpaired) electrons. The number of aliphatic hydroxyl groups excluding tert-OH is 3. The van der Waals surface area contributed by atoms with E-state index in [0.717, 1.165) is 0 Å². The minimum atomic E-state index is -1.35. The molecular formula is C14H26N4O8. The van der Waals surface area contributed by atoms with Crippen LogP contribution in [-0.2, 0) is 23.7 Å². The summed E-state index contributed by atoms with van der Waals surface area (Å²) in [5.74, 6) is -0.421. The van der Waals surface area contributed by atoms with Crippen LogP contribution in [0.15, 0.2) is 5.11 Å². The molecule has 0 aliphatic carbocycles. The Morgan fingerprint density at radius 1 is 1.19 bits per heavy atom. The highest BCUT2D eigenvalue weighted by atomic mass is 16.7. The van der Waals surface area contributed by atoms with Gasteiger partial charge in [-0.25, -0.2) is 0 Å². The van der Waals surface area contributed by atoms with Gasteiger partial charge >= 0.3 is 0 Å². The van der Waals surface area contributed by atoms with Crippen LogP contribution in [-0.4, -0.2) is 98.1 Å². The van der Waals surface area contributed by atoms with Crippen LogP contribution in [0, 0.1) is 0 Å². The van der Waals surface area contributed by atoms with Gasteiger partial charge in [0.2, 0.25) is 5.91 Å². The van der Waals surface area contributed by atoms with Gasteiger partial charge < -0.3 is 39.6 Å². The van der Waals surface area contributed by atoms with Crippen molar-refractivity contribution in [3.05, 3.63) is 10.4 Å². The lowest BCUT2D eigenvalue weighted by atomic mass is 9.97. The van der Waals surface area contributed by atoms with Gasteiger partial charge in [-0.2, -0.15) is 0 Å². The summed E-state index contributed by atoms with van der Waals surface area (Å²) in [5, 5.41) is 35.0. The minimum absolute atomic E-state index is 0.0977. The molecule has 0 saturated carbocycles. The van der Waals surface area contributed by atoms with E-state index in [1.165, 1.54) is 6.92 Å². The van der Waals surface area contributed by atoms with Crippen LogP contribution < -0.4 is 5.32 Å². The largest absolute Gasteiger partial charge is 0.394 e. The maximum atomic E-state index is 11.3. The fourth-order valence-corrected chi connectivity index (χ4v) is 2.31. The molecule has 26 heavy (non-hydrogen) atoms. The SMILES string of the molecule is CC(=O)N[C@H]1[C@@H](OCCOCCOCCN=[N+]=[N-])O[C@H](CO)[C@@H](O)[C@@H]1O. The second-order valence-electron chi connectivity index (χ2n) is 5.48. The zero-order valence-electron chi connectivity index (χ0n) is 14.6. The van der Waals surface area contributed by atoms with Crippen LogP contribution in [0.2, 0.25) is 0 Å². The molecular weight excluding hydrogens is 352 g/mol. The average Bonchev–Trinajstić information content (AvgIpc) is 2.62. The highest BCUT2D eigenvalue weighted by Crippen LogP contribution is 2.22. The molecule has 0 unspecified atom stereocenters. The van der Waals surface area contributed by atoms with Crippen LogP contribution in [0.1, 0.15) is 6.92 Å². The maximum absolute atomic E-state index is 11.3. The molecule has 12 nitrogen and oxygen atoms in total. The Hall–Kier alpha value is -1.50. The number of aliphatic hydroxyl groups is 3. The minimum Gasteiger partial charge on any atom is -0.394 e. The van der Waals surface area contributed by atoms with E-state index in [1.54, 1.807) is 0 Å². The molecule has 12 heteroatoms. The summed E-state index contributed by atoms with van der Waals surface area (Å²) in [7, 11) is 0. The molecule has 1 rings (SSSR count). The van der Waals surface area contributed by atoms with Crippen LogP contribution in [0.4, 0.5) is 0 Å². The van der Waals surface area contributed by atoms with Gasteiger partial charge in [-0.15, -0.1) is 0 Å². The predicted molar refractivity (Wildman–Crippen MR) is 87.0 cm³/mol. The van der Waals surface area contributed by atoms with Gasteiger partial charge in [0, 0.05) is 18.4 Å². The number of hydrogen-bond acceptors (Lipinski definition) is 9. The number of azide groups is 1. The summed E-state index contributed by atoms with van der Waals surface area (Å²) in [6.07, 6.45) is -4.76. The Bertz CT molecular complexity index is 462. The normalized spacial score (nSPS) is 28.4. The average molecular weight is 378 g/mol. The van der Waals surface area contributed by atoms with Gasteiger partial charge in [0.25, 0.3) is 0 Å². The summed E-state index contributed by atoms with van der Waals surface area (Å²) in [4.78, 5) is 13.9. The van der Waals surface area contributed by atoms with Crippen molar-refractivity contribution in [2.24, 2.45) is 5.11 Å². The van der Waals surface area contributed by atoms with E-state index in [1.807, 2.05) is 0 Å². The van der Waals surface area contributed by atoms with Gasteiger partial charge in [-0.3, -0.25) is 4.79 Å². The zero-order valence-corrected chi connectivity index (χ0v) is 14.6. The van der Waals surface area contributed by atoms with Crippen molar-refractivity contribution >= 4 is 5.91 Å². The Balaban J connectivity index is 2.30. The third-order valence-electron chi connectivity index (χ3n) is 3.53. The molecule has 0 aromatic heterocycles. The molecule has 1 saturated heterocycles. The molecule has 0 aromatic rings. The summed E-state index contributed by atoms with van der Waals surface area (Å²) in [6, 6.07) is -0.977. The van der Waals surface area contributed by atoms with E-state index < -0.39 is 43.2 Å². The molecule has 1 aliphatic heterocycles. The Kier molecular flexibility index (Phi) is 11.1. The number of carbonyl (C=O) groups excluding carboxylic acids is 1.